The molecule has 0 aromatic rings. The Balaban J connectivity index is 4.34. The van der Waals surface area contributed by atoms with Crippen LogP contribution in [0.2, 0.25) is 0 Å². The van der Waals surface area contributed by atoms with Gasteiger partial charge in [-0.1, -0.05) is 171 Å². The van der Waals surface area contributed by atoms with E-state index in [1.165, 1.54) is 57.8 Å². The number of ether oxygens (including phenoxy) is 3. The van der Waals surface area contributed by atoms with Crippen molar-refractivity contribution in [1.82, 2.24) is 0 Å². The molecule has 1 unspecified atom stereocenters. The van der Waals surface area contributed by atoms with E-state index in [2.05, 4.69) is 93.7 Å². The van der Waals surface area contributed by atoms with Crippen LogP contribution in [-0.4, -0.2) is 37.2 Å². The summed E-state index contributed by atoms with van der Waals surface area (Å²) in [5.74, 6) is -0.948. The van der Waals surface area contributed by atoms with Crippen molar-refractivity contribution in [3.05, 3.63) is 72.9 Å². The summed E-state index contributed by atoms with van der Waals surface area (Å²) >= 11 is 0. The van der Waals surface area contributed by atoms with Gasteiger partial charge in [0.05, 0.1) is 0 Å². The van der Waals surface area contributed by atoms with Crippen LogP contribution >= 0.6 is 0 Å². The predicted octanol–water partition coefficient (Wildman–Crippen LogP) is 14.7. The van der Waals surface area contributed by atoms with Gasteiger partial charge in [-0.15, -0.1) is 0 Å². The first-order valence-electron chi connectivity index (χ1n) is 22.9. The van der Waals surface area contributed by atoms with Crippen molar-refractivity contribution in [3.63, 3.8) is 0 Å². The minimum Gasteiger partial charge on any atom is -0.462 e. The van der Waals surface area contributed by atoms with Crippen molar-refractivity contribution in [2.45, 2.75) is 213 Å². The number of carbonyl (C=O) groups excluding carboxylic acids is 3. The van der Waals surface area contributed by atoms with E-state index in [-0.39, 0.29) is 31.1 Å². The fourth-order valence-corrected chi connectivity index (χ4v) is 5.99. The van der Waals surface area contributed by atoms with Crippen LogP contribution in [0.3, 0.4) is 0 Å². The van der Waals surface area contributed by atoms with Gasteiger partial charge in [-0.05, 0) is 89.9 Å². The number of hydrogen-bond donors (Lipinski definition) is 0. The summed E-state index contributed by atoms with van der Waals surface area (Å²) in [5.41, 5.74) is 0. The van der Waals surface area contributed by atoms with Crippen LogP contribution in [0, 0.1) is 0 Å². The van der Waals surface area contributed by atoms with Gasteiger partial charge in [0.2, 0.25) is 0 Å². The minimum atomic E-state index is -0.788. The quantitative estimate of drug-likeness (QED) is 0.0267. The highest BCUT2D eigenvalue weighted by molar-refractivity contribution is 5.71. The number of carbonyl (C=O) groups is 3. The summed E-state index contributed by atoms with van der Waals surface area (Å²) in [6, 6.07) is 0. The number of allylic oxidation sites excluding steroid dienone is 12. The molecule has 0 saturated carbocycles. The van der Waals surface area contributed by atoms with Crippen molar-refractivity contribution >= 4 is 17.9 Å². The standard InChI is InChI=1S/C50H84O6/c1-4-7-10-13-16-18-20-22-23-24-25-26-27-29-30-32-34-37-40-43-49(52)55-46-47(45-54-48(51)42-39-36-15-12-9-6-3)56-50(53)44-41-38-35-33-31-28-21-19-17-14-11-8-5-2/h7,10,16,18-19,21-23,25-26,29-30,47H,4-6,8-9,11-15,17,20,24,27-28,31-46H2,1-3H3/b10-7-,18-16-,21-19-,23-22-,26-25-,30-29-. The second kappa shape index (κ2) is 44.6. The molecule has 0 aliphatic rings. The molecule has 0 rings (SSSR count). The largest absolute Gasteiger partial charge is 0.462 e. The first kappa shape index (κ1) is 52.9. The predicted molar refractivity (Wildman–Crippen MR) is 238 cm³/mol. The van der Waals surface area contributed by atoms with Gasteiger partial charge < -0.3 is 14.2 Å². The zero-order valence-corrected chi connectivity index (χ0v) is 36.4. The third-order valence-electron chi connectivity index (χ3n) is 9.45. The third-order valence-corrected chi connectivity index (χ3v) is 9.45. The van der Waals surface area contributed by atoms with E-state index < -0.39 is 6.10 Å². The lowest BCUT2D eigenvalue weighted by Gasteiger charge is -2.18. The number of rotatable bonds is 40. The summed E-state index contributed by atoms with van der Waals surface area (Å²) in [5, 5.41) is 0. The summed E-state index contributed by atoms with van der Waals surface area (Å²) in [7, 11) is 0. The maximum absolute atomic E-state index is 12.7. The monoisotopic (exact) mass is 781 g/mol. The van der Waals surface area contributed by atoms with Crippen molar-refractivity contribution in [2.75, 3.05) is 13.2 Å². The van der Waals surface area contributed by atoms with Crippen LogP contribution < -0.4 is 0 Å². The molecule has 0 saturated heterocycles. The van der Waals surface area contributed by atoms with E-state index in [1.54, 1.807) is 0 Å². The first-order chi connectivity index (χ1) is 27.5. The van der Waals surface area contributed by atoms with Crippen LogP contribution in [0.25, 0.3) is 0 Å². The Morgan fingerprint density at radius 3 is 1.14 bits per heavy atom. The molecule has 0 fully saturated rings. The summed E-state index contributed by atoms with van der Waals surface area (Å²) in [4.78, 5) is 37.6. The molecule has 1 atom stereocenters. The molecule has 0 aliphatic carbocycles. The van der Waals surface area contributed by atoms with Crippen molar-refractivity contribution in [2.24, 2.45) is 0 Å². The number of esters is 3. The number of hydrogen-bond acceptors (Lipinski definition) is 6. The summed E-state index contributed by atoms with van der Waals surface area (Å²) < 4.78 is 16.6. The Morgan fingerprint density at radius 1 is 0.375 bits per heavy atom. The lowest BCUT2D eigenvalue weighted by atomic mass is 10.1. The molecular weight excluding hydrogens is 697 g/mol. The van der Waals surface area contributed by atoms with Crippen LogP contribution in [0.15, 0.2) is 72.9 Å². The fraction of sp³-hybridized carbons (Fsp3) is 0.700. The second-order valence-electron chi connectivity index (χ2n) is 14.9. The first-order valence-corrected chi connectivity index (χ1v) is 22.9. The zero-order valence-electron chi connectivity index (χ0n) is 36.4. The molecule has 0 radical (unpaired) electrons. The topological polar surface area (TPSA) is 78.9 Å². The van der Waals surface area contributed by atoms with E-state index >= 15 is 0 Å². The van der Waals surface area contributed by atoms with Gasteiger partial charge in [0.15, 0.2) is 6.10 Å². The van der Waals surface area contributed by atoms with Gasteiger partial charge in [-0.3, -0.25) is 14.4 Å². The molecule has 0 amide bonds. The van der Waals surface area contributed by atoms with Crippen LogP contribution in [0.1, 0.15) is 207 Å². The Labute approximate surface area is 344 Å². The minimum absolute atomic E-state index is 0.0902. The van der Waals surface area contributed by atoms with Gasteiger partial charge in [-0.2, -0.15) is 0 Å². The molecule has 0 bridgehead atoms. The third kappa shape index (κ3) is 42.0. The highest BCUT2D eigenvalue weighted by Gasteiger charge is 2.19. The lowest BCUT2D eigenvalue weighted by Crippen LogP contribution is -2.30. The number of unbranched alkanes of at least 4 members (excludes halogenated alkanes) is 17. The van der Waals surface area contributed by atoms with E-state index in [9.17, 15) is 14.4 Å². The molecule has 0 aromatic heterocycles. The smallest absolute Gasteiger partial charge is 0.306 e. The molecule has 6 nitrogen and oxygen atoms in total. The highest BCUT2D eigenvalue weighted by atomic mass is 16.6. The van der Waals surface area contributed by atoms with Crippen LogP contribution in [-0.2, 0) is 28.6 Å². The Bertz CT molecular complexity index is 1080. The zero-order chi connectivity index (χ0) is 40.8. The van der Waals surface area contributed by atoms with Crippen LogP contribution in [0.4, 0.5) is 0 Å². The molecule has 0 aliphatic heterocycles. The highest BCUT2D eigenvalue weighted by Crippen LogP contribution is 2.12. The van der Waals surface area contributed by atoms with Crippen LogP contribution in [0.5, 0.6) is 0 Å². The van der Waals surface area contributed by atoms with E-state index in [1.807, 2.05) is 0 Å². The molecule has 0 aromatic carbocycles. The van der Waals surface area contributed by atoms with Crippen molar-refractivity contribution < 1.29 is 28.6 Å². The average molecular weight is 781 g/mol. The maximum Gasteiger partial charge on any atom is 0.306 e. The molecule has 6 heteroatoms. The Hall–Kier alpha value is -3.15. The molecular formula is C50H84O6. The van der Waals surface area contributed by atoms with Crippen molar-refractivity contribution in [1.29, 1.82) is 0 Å². The summed E-state index contributed by atoms with van der Waals surface area (Å²) in [6.07, 6.45) is 54.7. The van der Waals surface area contributed by atoms with Gasteiger partial charge in [0.25, 0.3) is 0 Å². The lowest BCUT2D eigenvalue weighted by molar-refractivity contribution is -0.167. The van der Waals surface area contributed by atoms with E-state index in [0.29, 0.717) is 19.3 Å². The Kier molecular flexibility index (Phi) is 42.1. The Morgan fingerprint density at radius 2 is 0.696 bits per heavy atom. The fourth-order valence-electron chi connectivity index (χ4n) is 5.99. The molecule has 0 spiro atoms. The maximum atomic E-state index is 12.7. The van der Waals surface area contributed by atoms with Crippen molar-refractivity contribution in [3.8, 4) is 0 Å². The van der Waals surface area contributed by atoms with E-state index in [4.69, 9.17) is 14.2 Å². The van der Waals surface area contributed by atoms with Gasteiger partial charge in [-0.25, -0.2) is 0 Å². The summed E-state index contributed by atoms with van der Waals surface area (Å²) in [6.45, 7) is 6.39. The van der Waals surface area contributed by atoms with E-state index in [0.717, 1.165) is 109 Å². The van der Waals surface area contributed by atoms with Gasteiger partial charge in [0.1, 0.15) is 13.2 Å². The molecule has 56 heavy (non-hydrogen) atoms. The molecule has 0 heterocycles. The average Bonchev–Trinajstić information content (AvgIpc) is 3.19. The van der Waals surface area contributed by atoms with Gasteiger partial charge in [0, 0.05) is 19.3 Å². The second-order valence-corrected chi connectivity index (χ2v) is 14.9. The molecule has 320 valence electrons. The normalized spacial score (nSPS) is 12.7. The van der Waals surface area contributed by atoms with Gasteiger partial charge >= 0.3 is 17.9 Å². The molecule has 0 N–H and O–H groups in total. The SMILES string of the molecule is CC/C=C\C/C=C\C/C=C\C/C=C\C/C=C\CCCCCC(=O)OCC(COC(=O)CCCCCCCC)OC(=O)CCCCCCC/C=C\CCCCCC.